The average Bonchev–Trinajstić information content (AvgIpc) is 3.75. The van der Waals surface area contributed by atoms with E-state index in [4.69, 9.17) is 0 Å². The van der Waals surface area contributed by atoms with Crippen LogP contribution in [0.4, 0.5) is 22.9 Å². The number of carbonyl (C=O) groups is 6. The Morgan fingerprint density at radius 3 is 2.37 bits per heavy atom. The van der Waals surface area contributed by atoms with Gasteiger partial charge in [0.1, 0.15) is 6.04 Å². The molecule has 5 N–H and O–H groups in total. The summed E-state index contributed by atoms with van der Waals surface area (Å²) in [6.45, 7) is 3.17. The zero-order valence-electron chi connectivity index (χ0n) is 31.5. The number of nitrogens with zero attached hydrogens (tertiary/aromatic N) is 2. The maximum absolute atomic E-state index is 13.5. The number of pyridine rings is 1. The molecule has 1 atom stereocenters. The van der Waals surface area contributed by atoms with Gasteiger partial charge in [-0.15, -0.1) is 11.3 Å². The summed E-state index contributed by atoms with van der Waals surface area (Å²) < 4.78 is 1.01. The van der Waals surface area contributed by atoms with Crippen molar-refractivity contribution in [1.82, 2.24) is 20.5 Å². The van der Waals surface area contributed by atoms with E-state index in [1.165, 1.54) is 17.5 Å². The number of aromatic nitrogens is 1. The highest BCUT2D eigenvalue weighted by molar-refractivity contribution is 7.17. The van der Waals surface area contributed by atoms with Crippen LogP contribution in [-0.4, -0.2) is 64.5 Å². The van der Waals surface area contributed by atoms with E-state index in [0.717, 1.165) is 64.8 Å². The average molecular weight is 786 g/mol. The molecule has 0 saturated carbocycles. The molecule has 1 unspecified atom stereocenters. The molecule has 2 aromatic heterocycles. The second-order valence-electron chi connectivity index (χ2n) is 14.2. The van der Waals surface area contributed by atoms with Crippen molar-refractivity contribution in [3.63, 3.8) is 0 Å². The number of rotatable bonds is 16. The van der Waals surface area contributed by atoms with Crippen LogP contribution in [0.25, 0.3) is 10.1 Å². The standard InChI is InChI=1S/C43H43N7O6S/c1-26-12-6-8-14-33(26)47-38-34(48-40(53)32-25-57-36-15-9-7-13-29(32)36)22-27(24-46-38)39(52)45-21-11-5-3-2-4-10-20-44-28-16-17-30-31(23-28)43(56)50(42(30)55)35-18-19-37(51)49-41(35)54/h6-9,12-17,22-25,35,44H,2-5,10-11,18-21H2,1H3,(H,45,52)(H,46,47)(H,48,53)(H,49,51,54). The number of imide groups is 2. The van der Waals surface area contributed by atoms with Crippen molar-refractivity contribution >= 4 is 79.7 Å². The summed E-state index contributed by atoms with van der Waals surface area (Å²) in [5.74, 6) is -2.21. The monoisotopic (exact) mass is 785 g/mol. The maximum Gasteiger partial charge on any atom is 0.262 e. The fourth-order valence-electron chi connectivity index (χ4n) is 7.04. The summed E-state index contributed by atoms with van der Waals surface area (Å²) in [5.41, 5.74) is 4.37. The zero-order valence-corrected chi connectivity index (χ0v) is 32.3. The van der Waals surface area contributed by atoms with Gasteiger partial charge in [0.05, 0.1) is 27.9 Å². The fraction of sp³-hybridized carbons (Fsp3) is 0.279. The topological polar surface area (TPSA) is 179 Å². The summed E-state index contributed by atoms with van der Waals surface area (Å²) in [5, 5.41) is 17.5. The molecule has 4 heterocycles. The molecular weight excluding hydrogens is 743 g/mol. The third kappa shape index (κ3) is 8.86. The highest BCUT2D eigenvalue weighted by Gasteiger charge is 2.44. The van der Waals surface area contributed by atoms with Gasteiger partial charge in [0, 0.05) is 52.5 Å². The molecule has 7 rings (SSSR count). The van der Waals surface area contributed by atoms with Crippen molar-refractivity contribution in [2.75, 3.05) is 29.0 Å². The number of nitrogens with one attached hydrogen (secondary N) is 5. The van der Waals surface area contributed by atoms with Crippen LogP contribution in [0.5, 0.6) is 0 Å². The van der Waals surface area contributed by atoms with Gasteiger partial charge in [-0.2, -0.15) is 0 Å². The van der Waals surface area contributed by atoms with E-state index in [1.54, 1.807) is 24.3 Å². The van der Waals surface area contributed by atoms with Crippen molar-refractivity contribution in [3.8, 4) is 0 Å². The number of unbranched alkanes of at least 4 members (excludes halogenated alkanes) is 5. The Labute approximate surface area is 333 Å². The molecule has 292 valence electrons. The predicted molar refractivity (Wildman–Crippen MR) is 220 cm³/mol. The van der Waals surface area contributed by atoms with Gasteiger partial charge >= 0.3 is 0 Å². The second kappa shape index (κ2) is 17.6. The van der Waals surface area contributed by atoms with Crippen molar-refractivity contribution in [1.29, 1.82) is 0 Å². The van der Waals surface area contributed by atoms with E-state index in [0.29, 0.717) is 41.4 Å². The number of fused-ring (bicyclic) bond motifs is 2. The van der Waals surface area contributed by atoms with E-state index < -0.39 is 29.7 Å². The van der Waals surface area contributed by atoms with Gasteiger partial charge in [0.25, 0.3) is 23.6 Å². The van der Waals surface area contributed by atoms with E-state index in [-0.39, 0.29) is 35.8 Å². The third-order valence-electron chi connectivity index (χ3n) is 10.2. The number of hydrogen-bond acceptors (Lipinski definition) is 10. The third-order valence-corrected chi connectivity index (χ3v) is 11.1. The number of anilines is 4. The van der Waals surface area contributed by atoms with Crippen LogP contribution in [0.15, 0.2) is 84.4 Å². The molecule has 6 amide bonds. The molecule has 0 bridgehead atoms. The number of benzene rings is 3. The number of thiophene rings is 1. The lowest BCUT2D eigenvalue weighted by Gasteiger charge is -2.27. The first kappa shape index (κ1) is 38.8. The fourth-order valence-corrected chi connectivity index (χ4v) is 7.98. The maximum atomic E-state index is 13.5. The SMILES string of the molecule is Cc1ccccc1Nc1ncc(C(=O)NCCCCCCCCNc2ccc3c(c2)C(=O)N(C2CCC(=O)NC2=O)C3=O)cc1NC(=O)c1csc2ccccc12. The second-order valence-corrected chi connectivity index (χ2v) is 15.1. The summed E-state index contributed by atoms with van der Waals surface area (Å²) in [4.78, 5) is 82.1. The smallest absolute Gasteiger partial charge is 0.262 e. The number of para-hydroxylation sites is 1. The molecule has 0 radical (unpaired) electrons. The Balaban J connectivity index is 0.844. The summed E-state index contributed by atoms with van der Waals surface area (Å²) in [6, 6.07) is 21.2. The Morgan fingerprint density at radius 2 is 1.56 bits per heavy atom. The van der Waals surface area contributed by atoms with Gasteiger partial charge in [0.15, 0.2) is 5.82 Å². The highest BCUT2D eigenvalue weighted by Crippen LogP contribution is 2.31. The van der Waals surface area contributed by atoms with Gasteiger partial charge in [-0.05, 0) is 68.1 Å². The highest BCUT2D eigenvalue weighted by atomic mass is 32.1. The number of aryl methyl sites for hydroxylation is 1. The Bertz CT molecular complexity index is 2380. The first-order valence-electron chi connectivity index (χ1n) is 19.2. The van der Waals surface area contributed by atoms with Crippen molar-refractivity contribution in [3.05, 3.63) is 112 Å². The first-order chi connectivity index (χ1) is 27.7. The van der Waals surface area contributed by atoms with Crippen LogP contribution in [0.1, 0.15) is 98.4 Å². The lowest BCUT2D eigenvalue weighted by Crippen LogP contribution is -2.54. The molecule has 1 fully saturated rings. The van der Waals surface area contributed by atoms with Crippen LogP contribution in [0.2, 0.25) is 0 Å². The number of hydrogen-bond donors (Lipinski definition) is 5. The van der Waals surface area contributed by atoms with Gasteiger partial charge < -0.3 is 21.3 Å². The number of amides is 6. The van der Waals surface area contributed by atoms with Crippen LogP contribution < -0.4 is 26.6 Å². The normalized spacial score (nSPS) is 15.0. The molecule has 14 heteroatoms. The minimum atomic E-state index is -0.988. The quantitative estimate of drug-likeness (QED) is 0.0512. The molecule has 13 nitrogen and oxygen atoms in total. The number of piperidine rings is 1. The molecule has 1 saturated heterocycles. The van der Waals surface area contributed by atoms with Crippen molar-refractivity contribution in [2.24, 2.45) is 0 Å². The molecule has 3 aromatic carbocycles. The Morgan fingerprint density at radius 1 is 0.825 bits per heavy atom. The van der Waals surface area contributed by atoms with Crippen LogP contribution in [-0.2, 0) is 9.59 Å². The minimum absolute atomic E-state index is 0.0767. The number of carbonyl (C=O) groups excluding carboxylic acids is 6. The molecule has 57 heavy (non-hydrogen) atoms. The lowest BCUT2D eigenvalue weighted by molar-refractivity contribution is -0.136. The molecule has 0 spiro atoms. The van der Waals surface area contributed by atoms with Crippen LogP contribution >= 0.6 is 11.3 Å². The van der Waals surface area contributed by atoms with E-state index in [2.05, 4.69) is 31.6 Å². The van der Waals surface area contributed by atoms with E-state index in [1.807, 2.05) is 60.8 Å². The van der Waals surface area contributed by atoms with Gasteiger partial charge in [-0.3, -0.25) is 39.0 Å². The van der Waals surface area contributed by atoms with Crippen LogP contribution in [0, 0.1) is 6.92 Å². The Hall–Kier alpha value is -6.41. The minimum Gasteiger partial charge on any atom is -0.385 e. The van der Waals surface area contributed by atoms with Gasteiger partial charge in [0.2, 0.25) is 11.8 Å². The predicted octanol–water partition coefficient (Wildman–Crippen LogP) is 7.18. The van der Waals surface area contributed by atoms with Gasteiger partial charge in [-0.25, -0.2) is 4.98 Å². The molecule has 0 aliphatic carbocycles. The largest absolute Gasteiger partial charge is 0.385 e. The summed E-state index contributed by atoms with van der Waals surface area (Å²) in [6.07, 6.45) is 7.41. The molecule has 2 aliphatic rings. The lowest BCUT2D eigenvalue weighted by atomic mass is 10.0. The van der Waals surface area contributed by atoms with E-state index in [9.17, 15) is 28.8 Å². The van der Waals surface area contributed by atoms with Crippen molar-refractivity contribution in [2.45, 2.75) is 64.3 Å². The van der Waals surface area contributed by atoms with Crippen molar-refractivity contribution < 1.29 is 28.8 Å². The summed E-state index contributed by atoms with van der Waals surface area (Å²) >= 11 is 1.50. The molecular formula is C43H43N7O6S. The van der Waals surface area contributed by atoms with E-state index >= 15 is 0 Å². The first-order valence-corrected chi connectivity index (χ1v) is 20.0. The molecule has 5 aromatic rings. The van der Waals surface area contributed by atoms with Gasteiger partial charge in [-0.1, -0.05) is 62.1 Å². The molecule has 2 aliphatic heterocycles. The van der Waals surface area contributed by atoms with Crippen LogP contribution in [0.3, 0.4) is 0 Å². The summed E-state index contributed by atoms with van der Waals surface area (Å²) in [7, 11) is 0. The Kier molecular flexibility index (Phi) is 12.0. The zero-order chi connectivity index (χ0) is 39.9.